The van der Waals surface area contributed by atoms with Crippen LogP contribution >= 0.6 is 22.9 Å². The predicted octanol–water partition coefficient (Wildman–Crippen LogP) is 4.06. The highest BCUT2D eigenvalue weighted by Crippen LogP contribution is 2.22. The maximum Gasteiger partial charge on any atom is 0.337 e. The minimum Gasteiger partial charge on any atom is -0.478 e. The van der Waals surface area contributed by atoms with Crippen LogP contribution < -0.4 is 5.32 Å². The molecule has 100 valence electrons. The SMILES string of the molecule is Cc1ccc(C(=O)O)c(NCCc2ccc(Cl)s2)c1. The first-order chi connectivity index (χ1) is 9.06. The summed E-state index contributed by atoms with van der Waals surface area (Å²) >= 11 is 7.41. The molecule has 3 nitrogen and oxygen atoms in total. The molecule has 0 saturated heterocycles. The zero-order valence-corrected chi connectivity index (χ0v) is 12.0. The van der Waals surface area contributed by atoms with E-state index in [1.165, 1.54) is 4.88 Å². The first-order valence-electron chi connectivity index (χ1n) is 5.88. The summed E-state index contributed by atoms with van der Waals surface area (Å²) in [6.07, 6.45) is 0.824. The third kappa shape index (κ3) is 3.72. The second-order valence-electron chi connectivity index (χ2n) is 4.24. The third-order valence-corrected chi connectivity index (χ3v) is 4.01. The summed E-state index contributed by atoms with van der Waals surface area (Å²) in [5.74, 6) is -0.915. The Kier molecular flexibility index (Phi) is 4.45. The maximum atomic E-state index is 11.1. The normalized spacial score (nSPS) is 10.4. The van der Waals surface area contributed by atoms with Crippen molar-refractivity contribution in [2.24, 2.45) is 0 Å². The van der Waals surface area contributed by atoms with E-state index in [2.05, 4.69) is 5.32 Å². The fourth-order valence-corrected chi connectivity index (χ4v) is 2.88. The molecule has 2 aromatic rings. The van der Waals surface area contributed by atoms with Crippen LogP contribution in [0.2, 0.25) is 4.34 Å². The molecular weight excluding hydrogens is 282 g/mol. The van der Waals surface area contributed by atoms with E-state index >= 15 is 0 Å². The van der Waals surface area contributed by atoms with Crippen LogP contribution in [0.15, 0.2) is 30.3 Å². The van der Waals surface area contributed by atoms with Gasteiger partial charge in [0.1, 0.15) is 0 Å². The van der Waals surface area contributed by atoms with Crippen molar-refractivity contribution in [2.75, 3.05) is 11.9 Å². The van der Waals surface area contributed by atoms with E-state index in [1.807, 2.05) is 25.1 Å². The van der Waals surface area contributed by atoms with Crippen LogP contribution in [0.1, 0.15) is 20.8 Å². The summed E-state index contributed by atoms with van der Waals surface area (Å²) in [7, 11) is 0. The third-order valence-electron chi connectivity index (χ3n) is 2.72. The molecule has 2 N–H and O–H groups in total. The number of carbonyl (C=O) groups is 1. The molecule has 1 heterocycles. The highest BCUT2D eigenvalue weighted by Gasteiger charge is 2.09. The monoisotopic (exact) mass is 295 g/mol. The quantitative estimate of drug-likeness (QED) is 0.874. The molecule has 0 radical (unpaired) electrons. The number of hydrogen-bond donors (Lipinski definition) is 2. The molecule has 19 heavy (non-hydrogen) atoms. The van der Waals surface area contributed by atoms with Crippen molar-refractivity contribution in [1.29, 1.82) is 0 Å². The number of benzene rings is 1. The Labute approximate surface area is 120 Å². The number of thiophene rings is 1. The minimum atomic E-state index is -0.915. The number of halogens is 1. The summed E-state index contributed by atoms with van der Waals surface area (Å²) in [4.78, 5) is 12.3. The molecule has 0 aliphatic heterocycles. The topological polar surface area (TPSA) is 49.3 Å². The van der Waals surface area contributed by atoms with Crippen molar-refractivity contribution < 1.29 is 9.90 Å². The highest BCUT2D eigenvalue weighted by atomic mass is 35.5. The molecule has 0 aliphatic carbocycles. The van der Waals surface area contributed by atoms with Gasteiger partial charge in [-0.05, 0) is 43.2 Å². The second-order valence-corrected chi connectivity index (χ2v) is 6.04. The Hall–Kier alpha value is -1.52. The van der Waals surface area contributed by atoms with Crippen LogP contribution in [-0.4, -0.2) is 17.6 Å². The smallest absolute Gasteiger partial charge is 0.337 e. The summed E-state index contributed by atoms with van der Waals surface area (Å²) < 4.78 is 0.775. The van der Waals surface area contributed by atoms with E-state index in [0.29, 0.717) is 17.8 Å². The Morgan fingerprint density at radius 2 is 2.16 bits per heavy atom. The molecule has 0 bridgehead atoms. The highest BCUT2D eigenvalue weighted by molar-refractivity contribution is 7.16. The van der Waals surface area contributed by atoms with Crippen molar-refractivity contribution in [3.8, 4) is 0 Å². The summed E-state index contributed by atoms with van der Waals surface area (Å²) in [5.41, 5.74) is 2.00. The van der Waals surface area contributed by atoms with Gasteiger partial charge in [-0.15, -0.1) is 11.3 Å². The molecule has 1 aromatic carbocycles. The molecule has 0 fully saturated rings. The van der Waals surface area contributed by atoms with Crippen LogP contribution in [0.5, 0.6) is 0 Å². The van der Waals surface area contributed by atoms with E-state index in [1.54, 1.807) is 23.5 Å². The number of carboxylic acids is 1. The molecule has 0 unspecified atom stereocenters. The van der Waals surface area contributed by atoms with Crippen LogP contribution in [0.25, 0.3) is 0 Å². The zero-order chi connectivity index (χ0) is 13.8. The van der Waals surface area contributed by atoms with Crippen molar-refractivity contribution in [1.82, 2.24) is 0 Å². The van der Waals surface area contributed by atoms with Crippen molar-refractivity contribution in [3.63, 3.8) is 0 Å². The Morgan fingerprint density at radius 3 is 2.79 bits per heavy atom. The summed E-state index contributed by atoms with van der Waals surface area (Å²) in [5, 5.41) is 12.3. The summed E-state index contributed by atoms with van der Waals surface area (Å²) in [6, 6.07) is 9.14. The number of carboxylic acid groups (broad SMARTS) is 1. The fourth-order valence-electron chi connectivity index (χ4n) is 1.80. The summed E-state index contributed by atoms with van der Waals surface area (Å²) in [6.45, 7) is 2.62. The van der Waals surface area contributed by atoms with E-state index in [4.69, 9.17) is 16.7 Å². The lowest BCUT2D eigenvalue weighted by atomic mass is 10.1. The van der Waals surface area contributed by atoms with Crippen molar-refractivity contribution in [2.45, 2.75) is 13.3 Å². The molecule has 5 heteroatoms. The Morgan fingerprint density at radius 1 is 1.37 bits per heavy atom. The Bertz CT molecular complexity index is 595. The second kappa shape index (κ2) is 6.08. The van der Waals surface area contributed by atoms with Gasteiger partial charge in [0.05, 0.1) is 9.90 Å². The van der Waals surface area contributed by atoms with Crippen LogP contribution in [-0.2, 0) is 6.42 Å². The molecule has 0 amide bonds. The molecule has 0 aliphatic rings. The number of aromatic carboxylic acids is 1. The number of rotatable bonds is 5. The van der Waals surface area contributed by atoms with Crippen LogP contribution in [0, 0.1) is 6.92 Å². The standard InChI is InChI=1S/C14H14ClNO2S/c1-9-2-4-11(14(17)18)12(8-9)16-7-6-10-3-5-13(15)19-10/h2-5,8,16H,6-7H2,1H3,(H,17,18). The van der Waals surface area contributed by atoms with Gasteiger partial charge in [-0.2, -0.15) is 0 Å². The van der Waals surface area contributed by atoms with Crippen molar-refractivity contribution in [3.05, 3.63) is 50.7 Å². The predicted molar refractivity (Wildman–Crippen MR) is 79.7 cm³/mol. The lowest BCUT2D eigenvalue weighted by Gasteiger charge is -2.10. The molecule has 0 atom stereocenters. The average Bonchev–Trinajstić information content (AvgIpc) is 2.75. The van der Waals surface area contributed by atoms with Gasteiger partial charge in [0.25, 0.3) is 0 Å². The van der Waals surface area contributed by atoms with Crippen molar-refractivity contribution >= 4 is 34.6 Å². The molecule has 0 saturated carbocycles. The molecule has 2 rings (SSSR count). The number of nitrogens with one attached hydrogen (secondary N) is 1. The maximum absolute atomic E-state index is 11.1. The van der Waals surface area contributed by atoms with Gasteiger partial charge in [0.2, 0.25) is 0 Å². The van der Waals surface area contributed by atoms with Gasteiger partial charge < -0.3 is 10.4 Å². The van der Waals surface area contributed by atoms with Gasteiger partial charge >= 0.3 is 5.97 Å². The van der Waals surface area contributed by atoms with Crippen LogP contribution in [0.3, 0.4) is 0 Å². The fraction of sp³-hybridized carbons (Fsp3) is 0.214. The van der Waals surface area contributed by atoms with Gasteiger partial charge in [-0.3, -0.25) is 0 Å². The molecular formula is C14H14ClNO2S. The average molecular weight is 296 g/mol. The first kappa shape index (κ1) is 13.9. The van der Waals surface area contributed by atoms with E-state index in [-0.39, 0.29) is 0 Å². The lowest BCUT2D eigenvalue weighted by molar-refractivity contribution is 0.0698. The van der Waals surface area contributed by atoms with Crippen LogP contribution in [0.4, 0.5) is 5.69 Å². The van der Waals surface area contributed by atoms with E-state index in [0.717, 1.165) is 16.3 Å². The number of hydrogen-bond acceptors (Lipinski definition) is 3. The molecule has 0 spiro atoms. The van der Waals surface area contributed by atoms with Gasteiger partial charge in [-0.1, -0.05) is 17.7 Å². The molecule has 1 aromatic heterocycles. The van der Waals surface area contributed by atoms with Gasteiger partial charge in [-0.25, -0.2) is 4.79 Å². The largest absolute Gasteiger partial charge is 0.478 e. The zero-order valence-electron chi connectivity index (χ0n) is 10.4. The number of aryl methyl sites for hydroxylation is 1. The Balaban J connectivity index is 2.02. The van der Waals surface area contributed by atoms with Gasteiger partial charge in [0, 0.05) is 17.1 Å². The first-order valence-corrected chi connectivity index (χ1v) is 7.08. The van der Waals surface area contributed by atoms with E-state index in [9.17, 15) is 4.79 Å². The lowest BCUT2D eigenvalue weighted by Crippen LogP contribution is -2.09. The number of anilines is 1. The minimum absolute atomic E-state index is 0.301. The van der Waals surface area contributed by atoms with Gasteiger partial charge in [0.15, 0.2) is 0 Å². The van der Waals surface area contributed by atoms with E-state index < -0.39 is 5.97 Å².